The first-order chi connectivity index (χ1) is 15.6. The van der Waals surface area contributed by atoms with Crippen LogP contribution in [0.4, 0.5) is 11.4 Å². The first-order valence-electron chi connectivity index (χ1n) is 10.2. The molecule has 0 saturated carbocycles. The van der Waals surface area contributed by atoms with Crippen molar-refractivity contribution in [3.05, 3.63) is 87.8 Å². The number of rotatable bonds is 5. The van der Waals surface area contributed by atoms with E-state index in [1.807, 2.05) is 13.0 Å². The van der Waals surface area contributed by atoms with E-state index in [4.69, 9.17) is 0 Å². The molecule has 4 aromatic rings. The van der Waals surface area contributed by atoms with Crippen LogP contribution >= 0.6 is 0 Å². The summed E-state index contributed by atoms with van der Waals surface area (Å²) in [6.45, 7) is 3.56. The van der Waals surface area contributed by atoms with E-state index >= 15 is 0 Å². The third-order valence-corrected chi connectivity index (χ3v) is 7.06. The number of fused-ring (bicyclic) bond motifs is 1. The molecule has 170 valence electrons. The van der Waals surface area contributed by atoms with E-state index in [2.05, 4.69) is 10.0 Å². The van der Waals surface area contributed by atoms with Crippen molar-refractivity contribution < 1.29 is 13.2 Å². The van der Waals surface area contributed by atoms with Crippen molar-refractivity contribution in [3.8, 4) is 0 Å². The standard InChI is InChI=1S/C24H24N4O4S/c1-15-8-9-16(2)22(12-15)33(31,32)26-19-7-5-6-17(13-19)23(29)25-18-10-11-20-21(14-18)28(4)24(30)27(20)3/h5-14,26H,1-4H3,(H,25,29). The molecule has 0 spiro atoms. The van der Waals surface area contributed by atoms with Gasteiger partial charge in [0, 0.05) is 31.0 Å². The fraction of sp³-hybridized carbons (Fsp3) is 0.167. The molecule has 1 heterocycles. The van der Waals surface area contributed by atoms with Crippen molar-refractivity contribution in [1.82, 2.24) is 9.13 Å². The van der Waals surface area contributed by atoms with Crippen LogP contribution in [0.2, 0.25) is 0 Å². The number of aromatic nitrogens is 2. The predicted octanol–water partition coefficient (Wildman–Crippen LogP) is 3.55. The number of hydrogen-bond acceptors (Lipinski definition) is 4. The van der Waals surface area contributed by atoms with Crippen LogP contribution in [-0.4, -0.2) is 23.5 Å². The first-order valence-corrected chi connectivity index (χ1v) is 11.7. The van der Waals surface area contributed by atoms with Gasteiger partial charge in [-0.2, -0.15) is 0 Å². The molecule has 2 N–H and O–H groups in total. The number of hydrogen-bond donors (Lipinski definition) is 2. The second-order valence-electron chi connectivity index (χ2n) is 8.01. The van der Waals surface area contributed by atoms with Crippen LogP contribution in [0.15, 0.2) is 70.4 Å². The number of carbonyl (C=O) groups excluding carboxylic acids is 1. The first kappa shape index (κ1) is 22.3. The summed E-state index contributed by atoms with van der Waals surface area (Å²) in [6.07, 6.45) is 0. The molecule has 3 aromatic carbocycles. The van der Waals surface area contributed by atoms with Crippen molar-refractivity contribution in [2.24, 2.45) is 14.1 Å². The Balaban J connectivity index is 1.58. The quantitative estimate of drug-likeness (QED) is 0.472. The molecule has 0 fully saturated rings. The zero-order chi connectivity index (χ0) is 23.9. The van der Waals surface area contributed by atoms with Gasteiger partial charge < -0.3 is 5.32 Å². The van der Waals surface area contributed by atoms with Gasteiger partial charge in [-0.05, 0) is 67.4 Å². The largest absolute Gasteiger partial charge is 0.328 e. The molecule has 0 radical (unpaired) electrons. The van der Waals surface area contributed by atoms with Gasteiger partial charge in [0.25, 0.3) is 15.9 Å². The second-order valence-corrected chi connectivity index (χ2v) is 9.66. The summed E-state index contributed by atoms with van der Waals surface area (Å²) in [5, 5.41) is 2.80. The number of carbonyl (C=O) groups is 1. The number of amides is 1. The molecule has 8 nitrogen and oxygen atoms in total. The highest BCUT2D eigenvalue weighted by Gasteiger charge is 2.18. The molecule has 0 aliphatic carbocycles. The lowest BCUT2D eigenvalue weighted by Gasteiger charge is -2.12. The van der Waals surface area contributed by atoms with E-state index in [0.717, 1.165) is 11.1 Å². The van der Waals surface area contributed by atoms with Gasteiger partial charge in [0.15, 0.2) is 0 Å². The Morgan fingerprint density at radius 1 is 0.848 bits per heavy atom. The average Bonchev–Trinajstić information content (AvgIpc) is 2.99. The van der Waals surface area contributed by atoms with Gasteiger partial charge in [-0.3, -0.25) is 18.7 Å². The third-order valence-electron chi connectivity index (χ3n) is 5.54. The smallest absolute Gasteiger partial charge is 0.322 e. The predicted molar refractivity (Wildman–Crippen MR) is 129 cm³/mol. The van der Waals surface area contributed by atoms with Crippen LogP contribution in [0, 0.1) is 13.8 Å². The Morgan fingerprint density at radius 2 is 1.58 bits per heavy atom. The van der Waals surface area contributed by atoms with Crippen LogP contribution in [0.3, 0.4) is 0 Å². The Labute approximate surface area is 191 Å². The van der Waals surface area contributed by atoms with Crippen molar-refractivity contribution in [3.63, 3.8) is 0 Å². The minimum atomic E-state index is -3.82. The topological polar surface area (TPSA) is 102 Å². The fourth-order valence-electron chi connectivity index (χ4n) is 3.72. The lowest BCUT2D eigenvalue weighted by molar-refractivity contribution is 0.102. The van der Waals surface area contributed by atoms with Gasteiger partial charge in [-0.1, -0.05) is 18.2 Å². The van der Waals surface area contributed by atoms with E-state index < -0.39 is 15.9 Å². The maximum atomic E-state index is 12.9. The van der Waals surface area contributed by atoms with Crippen LogP contribution in [0.5, 0.6) is 0 Å². The Morgan fingerprint density at radius 3 is 2.33 bits per heavy atom. The van der Waals surface area contributed by atoms with Gasteiger partial charge >= 0.3 is 5.69 Å². The maximum absolute atomic E-state index is 12.9. The fourth-order valence-corrected chi connectivity index (χ4v) is 5.10. The van der Waals surface area contributed by atoms with Gasteiger partial charge in [0.05, 0.1) is 15.9 Å². The molecule has 1 aromatic heterocycles. The SMILES string of the molecule is Cc1ccc(C)c(S(=O)(=O)Nc2cccc(C(=O)Nc3ccc4c(c3)n(C)c(=O)n4C)c2)c1. The number of nitrogens with one attached hydrogen (secondary N) is 2. The lowest BCUT2D eigenvalue weighted by atomic mass is 10.2. The van der Waals surface area contributed by atoms with E-state index in [0.29, 0.717) is 22.3 Å². The highest BCUT2D eigenvalue weighted by atomic mass is 32.2. The van der Waals surface area contributed by atoms with Crippen LogP contribution in [-0.2, 0) is 24.1 Å². The third kappa shape index (κ3) is 4.27. The summed E-state index contributed by atoms with van der Waals surface area (Å²) < 4.78 is 31.4. The molecule has 9 heteroatoms. The molecule has 0 unspecified atom stereocenters. The summed E-state index contributed by atoms with van der Waals surface area (Å²) in [5.41, 5.74) is 3.85. The zero-order valence-corrected chi connectivity index (χ0v) is 19.5. The van der Waals surface area contributed by atoms with Gasteiger partial charge in [-0.25, -0.2) is 13.2 Å². The van der Waals surface area contributed by atoms with Crippen LogP contribution in [0.25, 0.3) is 11.0 Å². The summed E-state index contributed by atoms with van der Waals surface area (Å²) >= 11 is 0. The van der Waals surface area contributed by atoms with E-state index in [-0.39, 0.29) is 16.3 Å². The Bertz CT molecular complexity index is 1570. The number of anilines is 2. The number of imidazole rings is 1. The van der Waals surface area contributed by atoms with Gasteiger partial charge in [-0.15, -0.1) is 0 Å². The molecule has 0 aliphatic rings. The molecule has 33 heavy (non-hydrogen) atoms. The number of nitrogens with zero attached hydrogens (tertiary/aromatic N) is 2. The number of benzene rings is 3. The van der Waals surface area contributed by atoms with Crippen molar-refractivity contribution in [2.75, 3.05) is 10.0 Å². The Kier molecular flexibility index (Phi) is 5.59. The molecule has 0 bridgehead atoms. The van der Waals surface area contributed by atoms with Crippen molar-refractivity contribution >= 4 is 38.3 Å². The minimum absolute atomic E-state index is 0.155. The van der Waals surface area contributed by atoms with Crippen LogP contribution in [0.1, 0.15) is 21.5 Å². The van der Waals surface area contributed by atoms with E-state index in [1.165, 1.54) is 15.2 Å². The molecule has 0 aliphatic heterocycles. The minimum Gasteiger partial charge on any atom is -0.322 e. The zero-order valence-electron chi connectivity index (χ0n) is 18.7. The van der Waals surface area contributed by atoms with E-state index in [1.54, 1.807) is 69.6 Å². The molecule has 4 rings (SSSR count). The molecule has 0 saturated heterocycles. The maximum Gasteiger partial charge on any atom is 0.328 e. The normalized spacial score (nSPS) is 11.5. The highest BCUT2D eigenvalue weighted by molar-refractivity contribution is 7.92. The van der Waals surface area contributed by atoms with Crippen LogP contribution < -0.4 is 15.7 Å². The average molecular weight is 465 g/mol. The summed E-state index contributed by atoms with van der Waals surface area (Å²) in [6, 6.07) is 16.7. The molecule has 0 atom stereocenters. The van der Waals surface area contributed by atoms with E-state index in [9.17, 15) is 18.0 Å². The molecular weight excluding hydrogens is 440 g/mol. The second kappa shape index (κ2) is 8.25. The number of aryl methyl sites for hydroxylation is 4. The lowest BCUT2D eigenvalue weighted by Crippen LogP contribution is -2.19. The molecular formula is C24H24N4O4S. The Hall–Kier alpha value is -3.85. The molecule has 1 amide bonds. The van der Waals surface area contributed by atoms with Gasteiger partial charge in [0.1, 0.15) is 0 Å². The summed E-state index contributed by atoms with van der Waals surface area (Å²) in [5.74, 6) is -0.400. The van der Waals surface area contributed by atoms with Crippen molar-refractivity contribution in [2.45, 2.75) is 18.7 Å². The monoisotopic (exact) mass is 464 g/mol. The summed E-state index contributed by atoms with van der Waals surface area (Å²) in [7, 11) is -0.458. The summed E-state index contributed by atoms with van der Waals surface area (Å²) in [4.78, 5) is 25.1. The highest BCUT2D eigenvalue weighted by Crippen LogP contribution is 2.22. The van der Waals surface area contributed by atoms with Crippen molar-refractivity contribution in [1.29, 1.82) is 0 Å². The van der Waals surface area contributed by atoms with Gasteiger partial charge in [0.2, 0.25) is 0 Å². The number of sulfonamides is 1.